The lowest BCUT2D eigenvalue weighted by molar-refractivity contribution is 0.0722. The topological polar surface area (TPSA) is 80.4 Å². The Kier molecular flexibility index (Phi) is 6.20. The molecule has 0 atom stereocenters. The van der Waals surface area contributed by atoms with Crippen LogP contribution in [0.1, 0.15) is 37.0 Å². The minimum Gasteiger partial charge on any atom is -0.467 e. The Labute approximate surface area is 206 Å². The standard InChI is InChI=1S/C27H24N4O3S/c1-18-23-15-24(35-27(23)31(29-18)21-7-4-3-5-8-21)26(33)30(17-22-9-6-14-34-22)16-19-10-12-20(13-11-19)25(32)28-2/h3-15H,16-17H2,1-2H3,(H,28,32). The first-order valence-corrected chi connectivity index (χ1v) is 12.0. The van der Waals surface area contributed by atoms with Crippen LogP contribution in [0.4, 0.5) is 0 Å². The van der Waals surface area contributed by atoms with E-state index >= 15 is 0 Å². The minimum absolute atomic E-state index is 0.0861. The molecule has 176 valence electrons. The SMILES string of the molecule is CNC(=O)c1ccc(CN(Cc2ccco2)C(=O)c2cc3c(C)nn(-c4ccccc4)c3s2)cc1. The molecule has 0 bridgehead atoms. The summed E-state index contributed by atoms with van der Waals surface area (Å²) in [5.41, 5.74) is 3.33. The van der Waals surface area contributed by atoms with E-state index in [2.05, 4.69) is 10.4 Å². The molecule has 0 saturated heterocycles. The molecule has 7 nitrogen and oxygen atoms in total. The second-order valence-electron chi connectivity index (χ2n) is 8.18. The summed E-state index contributed by atoms with van der Waals surface area (Å²) >= 11 is 1.43. The van der Waals surface area contributed by atoms with Crippen molar-refractivity contribution in [3.63, 3.8) is 0 Å². The lowest BCUT2D eigenvalue weighted by atomic mass is 10.1. The number of carbonyl (C=O) groups is 2. The van der Waals surface area contributed by atoms with Crippen LogP contribution in [-0.2, 0) is 13.1 Å². The van der Waals surface area contributed by atoms with E-state index in [1.165, 1.54) is 11.3 Å². The number of hydrogen-bond donors (Lipinski definition) is 1. The highest BCUT2D eigenvalue weighted by Crippen LogP contribution is 2.31. The summed E-state index contributed by atoms with van der Waals surface area (Å²) in [7, 11) is 1.60. The van der Waals surface area contributed by atoms with Gasteiger partial charge in [0.2, 0.25) is 0 Å². The number of nitrogens with one attached hydrogen (secondary N) is 1. The first-order chi connectivity index (χ1) is 17.0. The summed E-state index contributed by atoms with van der Waals surface area (Å²) in [6.07, 6.45) is 1.60. The van der Waals surface area contributed by atoms with Gasteiger partial charge in [-0.3, -0.25) is 9.59 Å². The van der Waals surface area contributed by atoms with Crippen LogP contribution in [0.15, 0.2) is 83.5 Å². The van der Waals surface area contributed by atoms with Crippen molar-refractivity contribution in [1.82, 2.24) is 20.0 Å². The highest BCUT2D eigenvalue weighted by atomic mass is 32.1. The maximum absolute atomic E-state index is 13.7. The summed E-state index contributed by atoms with van der Waals surface area (Å²) < 4.78 is 7.42. The third-order valence-corrected chi connectivity index (χ3v) is 6.89. The van der Waals surface area contributed by atoms with Crippen LogP contribution in [0.3, 0.4) is 0 Å². The molecule has 0 aliphatic heterocycles. The van der Waals surface area contributed by atoms with Crippen LogP contribution in [0.25, 0.3) is 15.9 Å². The molecule has 2 amide bonds. The van der Waals surface area contributed by atoms with E-state index in [0.717, 1.165) is 27.2 Å². The number of para-hydroxylation sites is 1. The second-order valence-corrected chi connectivity index (χ2v) is 9.21. The van der Waals surface area contributed by atoms with Gasteiger partial charge in [0.15, 0.2) is 0 Å². The molecule has 5 aromatic rings. The fourth-order valence-electron chi connectivity index (χ4n) is 3.97. The molecule has 0 aliphatic carbocycles. The molecule has 3 aromatic heterocycles. The van der Waals surface area contributed by atoms with Gasteiger partial charge in [0.05, 0.1) is 29.1 Å². The number of thiophene rings is 1. The lowest BCUT2D eigenvalue weighted by Gasteiger charge is -2.21. The third kappa shape index (κ3) is 4.61. The largest absolute Gasteiger partial charge is 0.467 e. The van der Waals surface area contributed by atoms with Crippen molar-refractivity contribution < 1.29 is 14.0 Å². The van der Waals surface area contributed by atoms with Crippen molar-refractivity contribution in [2.75, 3.05) is 7.05 Å². The first-order valence-electron chi connectivity index (χ1n) is 11.2. The Hall–Kier alpha value is -4.17. The summed E-state index contributed by atoms with van der Waals surface area (Å²) in [6.45, 7) is 2.67. The molecule has 0 unspecified atom stereocenters. The van der Waals surface area contributed by atoms with E-state index in [1.807, 2.05) is 72.3 Å². The Morgan fingerprint density at radius 1 is 1.03 bits per heavy atom. The predicted octanol–water partition coefficient (Wildman–Crippen LogP) is 5.19. The highest BCUT2D eigenvalue weighted by molar-refractivity contribution is 7.20. The Balaban J connectivity index is 1.47. The highest BCUT2D eigenvalue weighted by Gasteiger charge is 2.23. The van der Waals surface area contributed by atoms with Crippen molar-refractivity contribution in [2.24, 2.45) is 0 Å². The zero-order chi connectivity index (χ0) is 24.4. The number of furan rings is 1. The van der Waals surface area contributed by atoms with E-state index < -0.39 is 0 Å². The number of amides is 2. The van der Waals surface area contributed by atoms with E-state index in [1.54, 1.807) is 30.3 Å². The maximum Gasteiger partial charge on any atom is 0.264 e. The Morgan fingerprint density at radius 2 is 1.80 bits per heavy atom. The summed E-state index contributed by atoms with van der Waals surface area (Å²) in [5.74, 6) is 0.471. The molecule has 5 rings (SSSR count). The number of benzene rings is 2. The van der Waals surface area contributed by atoms with Gasteiger partial charge in [0, 0.05) is 24.5 Å². The van der Waals surface area contributed by atoms with Crippen LogP contribution < -0.4 is 5.32 Å². The number of aromatic nitrogens is 2. The van der Waals surface area contributed by atoms with Crippen LogP contribution >= 0.6 is 11.3 Å². The van der Waals surface area contributed by atoms with Crippen LogP contribution in [0, 0.1) is 6.92 Å². The van der Waals surface area contributed by atoms with E-state index in [0.29, 0.717) is 29.3 Å². The van der Waals surface area contributed by atoms with E-state index in [9.17, 15) is 9.59 Å². The normalized spacial score (nSPS) is 11.0. The first kappa shape index (κ1) is 22.6. The minimum atomic E-state index is -0.145. The molecule has 0 spiro atoms. The van der Waals surface area contributed by atoms with Gasteiger partial charge in [0.25, 0.3) is 11.8 Å². The molecule has 2 aromatic carbocycles. The van der Waals surface area contributed by atoms with Gasteiger partial charge in [-0.1, -0.05) is 30.3 Å². The number of rotatable bonds is 7. The van der Waals surface area contributed by atoms with Gasteiger partial charge in [-0.15, -0.1) is 11.3 Å². The van der Waals surface area contributed by atoms with Crippen LogP contribution in [0.2, 0.25) is 0 Å². The number of nitrogens with zero attached hydrogens (tertiary/aromatic N) is 3. The Bertz CT molecular complexity index is 1470. The molecule has 1 N–H and O–H groups in total. The van der Waals surface area contributed by atoms with Crippen LogP contribution in [0.5, 0.6) is 0 Å². The molecule has 0 radical (unpaired) electrons. The van der Waals surface area contributed by atoms with Crippen molar-refractivity contribution in [2.45, 2.75) is 20.0 Å². The number of aryl methyl sites for hydroxylation is 1. The van der Waals surface area contributed by atoms with Crippen molar-refractivity contribution >= 4 is 33.4 Å². The van der Waals surface area contributed by atoms with Crippen molar-refractivity contribution in [3.05, 3.63) is 107 Å². The average molecular weight is 485 g/mol. The van der Waals surface area contributed by atoms with Crippen LogP contribution in [-0.4, -0.2) is 33.5 Å². The zero-order valence-corrected chi connectivity index (χ0v) is 20.2. The fourth-order valence-corrected chi connectivity index (χ4v) is 5.12. The molecule has 0 aliphatic rings. The number of fused-ring (bicyclic) bond motifs is 1. The molecule has 8 heteroatoms. The smallest absolute Gasteiger partial charge is 0.264 e. The molecule has 35 heavy (non-hydrogen) atoms. The molecular formula is C27H24N4O3S. The van der Waals surface area contributed by atoms with E-state index in [-0.39, 0.29) is 11.8 Å². The van der Waals surface area contributed by atoms with Gasteiger partial charge in [0.1, 0.15) is 10.6 Å². The quantitative estimate of drug-likeness (QED) is 0.345. The summed E-state index contributed by atoms with van der Waals surface area (Å²) in [5, 5.41) is 8.27. The summed E-state index contributed by atoms with van der Waals surface area (Å²) in [6, 6.07) is 22.8. The number of hydrogen-bond acceptors (Lipinski definition) is 5. The molecule has 3 heterocycles. The van der Waals surface area contributed by atoms with Gasteiger partial charge in [-0.25, -0.2) is 4.68 Å². The Morgan fingerprint density at radius 3 is 2.49 bits per heavy atom. The van der Waals surface area contributed by atoms with Gasteiger partial charge in [-0.2, -0.15) is 5.10 Å². The van der Waals surface area contributed by atoms with Crippen molar-refractivity contribution in [3.8, 4) is 5.69 Å². The van der Waals surface area contributed by atoms with E-state index in [4.69, 9.17) is 4.42 Å². The van der Waals surface area contributed by atoms with Gasteiger partial charge in [-0.05, 0) is 55.0 Å². The molecule has 0 saturated carbocycles. The molecule has 0 fully saturated rings. The zero-order valence-electron chi connectivity index (χ0n) is 19.4. The van der Waals surface area contributed by atoms with Gasteiger partial charge >= 0.3 is 0 Å². The second kappa shape index (κ2) is 9.60. The molecular weight excluding hydrogens is 460 g/mol. The average Bonchev–Trinajstić information content (AvgIpc) is 3.62. The van der Waals surface area contributed by atoms with Crippen molar-refractivity contribution in [1.29, 1.82) is 0 Å². The number of carbonyl (C=O) groups excluding carboxylic acids is 2. The fraction of sp³-hybridized carbons (Fsp3) is 0.148. The maximum atomic E-state index is 13.7. The third-order valence-electron chi connectivity index (χ3n) is 5.79. The predicted molar refractivity (Wildman–Crippen MR) is 136 cm³/mol. The monoisotopic (exact) mass is 484 g/mol. The summed E-state index contributed by atoms with van der Waals surface area (Å²) in [4.78, 5) is 28.9. The van der Waals surface area contributed by atoms with Gasteiger partial charge < -0.3 is 14.6 Å². The lowest BCUT2D eigenvalue weighted by Crippen LogP contribution is -2.29.